The molecule has 0 spiro atoms. The van der Waals surface area contributed by atoms with Crippen LogP contribution in [-0.2, 0) is 6.61 Å². The molecule has 4 aromatic rings. The Morgan fingerprint density at radius 3 is 2.96 bits per heavy atom. The fourth-order valence-electron chi connectivity index (χ4n) is 2.33. The van der Waals surface area contributed by atoms with Gasteiger partial charge in [-0.3, -0.25) is 0 Å². The molecule has 0 aliphatic carbocycles. The van der Waals surface area contributed by atoms with Crippen molar-refractivity contribution in [2.24, 2.45) is 0 Å². The van der Waals surface area contributed by atoms with Crippen LogP contribution in [0.25, 0.3) is 22.4 Å². The van der Waals surface area contributed by atoms with Crippen molar-refractivity contribution in [3.8, 4) is 11.4 Å². The molecule has 0 fully saturated rings. The third-order valence-corrected chi connectivity index (χ3v) is 3.78. The molecule has 0 bridgehead atoms. The van der Waals surface area contributed by atoms with E-state index in [9.17, 15) is 0 Å². The predicted octanol–water partition coefficient (Wildman–Crippen LogP) is 3.07. The first-order valence-electron chi connectivity index (χ1n) is 7.23. The fraction of sp³-hybridized carbons (Fsp3) is 0.125. The van der Waals surface area contributed by atoms with Gasteiger partial charge in [-0.05, 0) is 35.9 Å². The van der Waals surface area contributed by atoms with Gasteiger partial charge in [-0.2, -0.15) is 4.98 Å². The molecule has 4 rings (SSSR count). The molecule has 0 aliphatic rings. The number of hydrogen-bond donors (Lipinski definition) is 0. The zero-order chi connectivity index (χ0) is 16.5. The standard InChI is InChI=1S/C16H12ClN5O2/c1-10-4-2-3-5-12(10)16-18-15(24-20-16)9-23-22-14-8-11(17)6-7-13(14)19-21-22/h2-8H,9H2,1H3. The average Bonchev–Trinajstić information content (AvgIpc) is 3.20. The number of aryl methyl sites for hydroxylation is 1. The zero-order valence-electron chi connectivity index (χ0n) is 12.7. The lowest BCUT2D eigenvalue weighted by molar-refractivity contribution is 0.0583. The molecule has 0 atom stereocenters. The van der Waals surface area contributed by atoms with Gasteiger partial charge in [-0.1, -0.05) is 45.9 Å². The Bertz CT molecular complexity index is 1010. The number of rotatable bonds is 4. The smallest absolute Gasteiger partial charge is 0.267 e. The molecule has 2 aromatic carbocycles. The van der Waals surface area contributed by atoms with Crippen molar-refractivity contribution in [3.05, 3.63) is 58.9 Å². The molecule has 0 saturated carbocycles. The number of nitrogens with zero attached hydrogens (tertiary/aromatic N) is 5. The summed E-state index contributed by atoms with van der Waals surface area (Å²) in [6.07, 6.45) is 0. The van der Waals surface area contributed by atoms with Gasteiger partial charge in [-0.25, -0.2) is 0 Å². The summed E-state index contributed by atoms with van der Waals surface area (Å²) >= 11 is 5.99. The van der Waals surface area contributed by atoms with Gasteiger partial charge >= 0.3 is 0 Å². The number of halogens is 1. The van der Waals surface area contributed by atoms with E-state index in [1.54, 1.807) is 18.2 Å². The van der Waals surface area contributed by atoms with Gasteiger partial charge in [0.25, 0.3) is 5.89 Å². The number of benzene rings is 2. The third-order valence-electron chi connectivity index (χ3n) is 3.54. The highest BCUT2D eigenvalue weighted by Crippen LogP contribution is 2.20. The third kappa shape index (κ3) is 2.69. The first-order valence-corrected chi connectivity index (χ1v) is 7.61. The van der Waals surface area contributed by atoms with Gasteiger partial charge < -0.3 is 9.36 Å². The SMILES string of the molecule is Cc1ccccc1-c1noc(COn2nnc3ccc(Cl)cc32)n1. The van der Waals surface area contributed by atoms with E-state index in [1.165, 1.54) is 4.85 Å². The monoisotopic (exact) mass is 341 g/mol. The second-order valence-corrected chi connectivity index (χ2v) is 5.63. The Morgan fingerprint density at radius 2 is 2.08 bits per heavy atom. The minimum Gasteiger partial charge on any atom is -0.385 e. The van der Waals surface area contributed by atoms with Crippen molar-refractivity contribution >= 4 is 22.6 Å². The summed E-state index contributed by atoms with van der Waals surface area (Å²) in [7, 11) is 0. The Kier molecular flexibility index (Phi) is 3.62. The number of hydrogen-bond acceptors (Lipinski definition) is 6. The van der Waals surface area contributed by atoms with Crippen LogP contribution in [0.1, 0.15) is 11.5 Å². The number of fused-ring (bicyclic) bond motifs is 1. The van der Waals surface area contributed by atoms with Crippen molar-refractivity contribution in [2.45, 2.75) is 13.5 Å². The summed E-state index contributed by atoms with van der Waals surface area (Å²) in [5.41, 5.74) is 3.35. The van der Waals surface area contributed by atoms with Crippen LogP contribution in [0, 0.1) is 6.92 Å². The Hall–Kier alpha value is -2.93. The van der Waals surface area contributed by atoms with Gasteiger partial charge in [0.15, 0.2) is 6.61 Å². The molecule has 0 radical (unpaired) electrons. The largest absolute Gasteiger partial charge is 0.385 e. The predicted molar refractivity (Wildman–Crippen MR) is 87.3 cm³/mol. The van der Waals surface area contributed by atoms with Crippen LogP contribution in [0.5, 0.6) is 0 Å². The fourth-order valence-corrected chi connectivity index (χ4v) is 2.50. The van der Waals surface area contributed by atoms with Crippen molar-refractivity contribution in [1.82, 2.24) is 25.3 Å². The van der Waals surface area contributed by atoms with Gasteiger partial charge in [0.2, 0.25) is 5.82 Å². The van der Waals surface area contributed by atoms with E-state index in [2.05, 4.69) is 20.5 Å². The highest BCUT2D eigenvalue weighted by Gasteiger charge is 2.12. The minimum atomic E-state index is 0.0733. The maximum absolute atomic E-state index is 5.99. The molecule has 0 N–H and O–H groups in total. The summed E-state index contributed by atoms with van der Waals surface area (Å²) in [6, 6.07) is 13.1. The van der Waals surface area contributed by atoms with Crippen molar-refractivity contribution in [1.29, 1.82) is 0 Å². The molecule has 7 nitrogen and oxygen atoms in total. The van der Waals surface area contributed by atoms with Crippen LogP contribution in [0.15, 0.2) is 47.0 Å². The lowest BCUT2D eigenvalue weighted by atomic mass is 10.1. The van der Waals surface area contributed by atoms with Gasteiger partial charge in [-0.15, -0.1) is 5.10 Å². The first kappa shape index (κ1) is 14.6. The molecule has 120 valence electrons. The van der Waals surface area contributed by atoms with Crippen LogP contribution < -0.4 is 4.84 Å². The quantitative estimate of drug-likeness (QED) is 0.567. The lowest BCUT2D eigenvalue weighted by Gasteiger charge is -2.02. The van der Waals surface area contributed by atoms with E-state index in [4.69, 9.17) is 21.0 Å². The second-order valence-electron chi connectivity index (χ2n) is 5.20. The van der Waals surface area contributed by atoms with Crippen molar-refractivity contribution < 1.29 is 9.36 Å². The molecule has 0 unspecified atom stereocenters. The van der Waals surface area contributed by atoms with E-state index >= 15 is 0 Å². The molecule has 0 aliphatic heterocycles. The highest BCUT2D eigenvalue weighted by atomic mass is 35.5. The maximum atomic E-state index is 5.99. The topological polar surface area (TPSA) is 78.9 Å². The Balaban J connectivity index is 1.54. The molecule has 2 heterocycles. The highest BCUT2D eigenvalue weighted by molar-refractivity contribution is 6.31. The molecule has 0 amide bonds. The molecule has 2 aromatic heterocycles. The molecule has 24 heavy (non-hydrogen) atoms. The van der Waals surface area contributed by atoms with Crippen LogP contribution in [0.3, 0.4) is 0 Å². The zero-order valence-corrected chi connectivity index (χ0v) is 13.4. The van der Waals surface area contributed by atoms with E-state index < -0.39 is 0 Å². The van der Waals surface area contributed by atoms with E-state index in [0.717, 1.165) is 11.1 Å². The molecule has 0 saturated heterocycles. The van der Waals surface area contributed by atoms with Crippen LogP contribution >= 0.6 is 11.6 Å². The summed E-state index contributed by atoms with van der Waals surface area (Å²) < 4.78 is 5.23. The maximum Gasteiger partial charge on any atom is 0.267 e. The van der Waals surface area contributed by atoms with Crippen molar-refractivity contribution in [2.75, 3.05) is 0 Å². The van der Waals surface area contributed by atoms with Crippen LogP contribution in [-0.4, -0.2) is 25.3 Å². The molecular formula is C16H12ClN5O2. The number of aromatic nitrogens is 5. The van der Waals surface area contributed by atoms with E-state index in [0.29, 0.717) is 27.8 Å². The second kappa shape index (κ2) is 5.93. The summed E-state index contributed by atoms with van der Waals surface area (Å²) in [6.45, 7) is 2.07. The first-order chi connectivity index (χ1) is 11.7. The van der Waals surface area contributed by atoms with Crippen molar-refractivity contribution in [3.63, 3.8) is 0 Å². The van der Waals surface area contributed by atoms with Gasteiger partial charge in [0.1, 0.15) is 11.0 Å². The van der Waals surface area contributed by atoms with Gasteiger partial charge in [0.05, 0.1) is 0 Å². The summed E-state index contributed by atoms with van der Waals surface area (Å²) in [5, 5.41) is 12.5. The van der Waals surface area contributed by atoms with E-state index in [1.807, 2.05) is 31.2 Å². The van der Waals surface area contributed by atoms with Crippen LogP contribution in [0.2, 0.25) is 5.02 Å². The average molecular weight is 342 g/mol. The Labute approximate surface area is 141 Å². The van der Waals surface area contributed by atoms with Gasteiger partial charge in [0, 0.05) is 10.6 Å². The molecule has 8 heteroatoms. The van der Waals surface area contributed by atoms with E-state index in [-0.39, 0.29) is 6.61 Å². The summed E-state index contributed by atoms with van der Waals surface area (Å²) in [4.78, 5) is 11.2. The normalized spacial score (nSPS) is 11.1. The Morgan fingerprint density at radius 1 is 1.21 bits per heavy atom. The van der Waals surface area contributed by atoms with Crippen LogP contribution in [0.4, 0.5) is 0 Å². The lowest BCUT2D eigenvalue weighted by Crippen LogP contribution is -2.13. The summed E-state index contributed by atoms with van der Waals surface area (Å²) in [5.74, 6) is 0.872. The minimum absolute atomic E-state index is 0.0733. The molecular weight excluding hydrogens is 330 g/mol.